The maximum atomic E-state index is 11.6. The highest BCUT2D eigenvalue weighted by Gasteiger charge is 2.25. The molecule has 0 saturated carbocycles. The lowest BCUT2D eigenvalue weighted by Gasteiger charge is -2.10. The number of aromatic nitrogens is 1. The van der Waals surface area contributed by atoms with E-state index in [4.69, 9.17) is 5.14 Å². The van der Waals surface area contributed by atoms with Gasteiger partial charge in [-0.05, 0) is 49.9 Å². The van der Waals surface area contributed by atoms with Crippen LogP contribution < -0.4 is 5.14 Å². The highest BCUT2D eigenvalue weighted by atomic mass is 32.2. The predicted molar refractivity (Wildman–Crippen MR) is 104 cm³/mol. The second kappa shape index (κ2) is 6.11. The van der Waals surface area contributed by atoms with Crippen LogP contribution in [-0.4, -0.2) is 13.0 Å². The Labute approximate surface area is 154 Å². The number of primary sulfonamides is 1. The highest BCUT2D eigenvalue weighted by molar-refractivity contribution is 7.89. The van der Waals surface area contributed by atoms with Crippen molar-refractivity contribution >= 4 is 10.0 Å². The molecule has 0 amide bonds. The number of hydrogen-bond acceptors (Lipinski definition) is 2. The van der Waals surface area contributed by atoms with Crippen molar-refractivity contribution in [1.29, 1.82) is 0 Å². The number of aryl methyl sites for hydroxylation is 1. The van der Waals surface area contributed by atoms with E-state index < -0.39 is 10.0 Å². The lowest BCUT2D eigenvalue weighted by Crippen LogP contribution is -2.11. The van der Waals surface area contributed by atoms with E-state index in [0.29, 0.717) is 0 Å². The average molecular weight is 366 g/mol. The van der Waals surface area contributed by atoms with Gasteiger partial charge in [0.05, 0.1) is 4.90 Å². The van der Waals surface area contributed by atoms with Gasteiger partial charge >= 0.3 is 0 Å². The third kappa shape index (κ3) is 2.77. The van der Waals surface area contributed by atoms with Crippen LogP contribution in [0.25, 0.3) is 22.3 Å². The van der Waals surface area contributed by atoms with E-state index in [-0.39, 0.29) is 4.90 Å². The van der Waals surface area contributed by atoms with Crippen molar-refractivity contribution in [3.8, 4) is 22.3 Å². The minimum absolute atomic E-state index is 0.144. The summed E-state index contributed by atoms with van der Waals surface area (Å²) in [5.41, 5.74) is 8.52. The third-order valence-electron chi connectivity index (χ3n) is 5.24. The monoisotopic (exact) mass is 366 g/mol. The van der Waals surface area contributed by atoms with Crippen molar-refractivity contribution in [1.82, 2.24) is 4.57 Å². The third-order valence-corrected chi connectivity index (χ3v) is 6.17. The van der Waals surface area contributed by atoms with Crippen LogP contribution in [0.4, 0.5) is 0 Å². The summed E-state index contributed by atoms with van der Waals surface area (Å²) in [6, 6.07) is 15.5. The molecule has 0 unspecified atom stereocenters. The predicted octanol–water partition coefficient (Wildman–Crippen LogP) is 4.03. The van der Waals surface area contributed by atoms with E-state index in [1.807, 2.05) is 12.1 Å². The quantitative estimate of drug-likeness (QED) is 0.760. The Morgan fingerprint density at radius 2 is 1.46 bits per heavy atom. The Morgan fingerprint density at radius 1 is 0.885 bits per heavy atom. The average Bonchev–Trinajstić information content (AvgIpc) is 3.17. The van der Waals surface area contributed by atoms with Gasteiger partial charge in [-0.15, -0.1) is 0 Å². The molecule has 0 spiro atoms. The van der Waals surface area contributed by atoms with Crippen molar-refractivity contribution in [3.05, 3.63) is 65.5 Å². The first-order valence-corrected chi connectivity index (χ1v) is 10.3. The fourth-order valence-electron chi connectivity index (χ4n) is 3.96. The van der Waals surface area contributed by atoms with Crippen LogP contribution in [0.2, 0.25) is 0 Å². The smallest absolute Gasteiger partial charge is 0.238 e. The zero-order chi connectivity index (χ0) is 18.5. The lowest BCUT2D eigenvalue weighted by atomic mass is 9.93. The van der Waals surface area contributed by atoms with E-state index in [2.05, 4.69) is 42.7 Å². The molecular weight excluding hydrogens is 344 g/mol. The van der Waals surface area contributed by atoms with Gasteiger partial charge in [0.2, 0.25) is 10.0 Å². The molecule has 26 heavy (non-hydrogen) atoms. The number of nitrogens with zero attached hydrogens (tertiary/aromatic N) is 1. The number of benzene rings is 2. The van der Waals surface area contributed by atoms with Crippen molar-refractivity contribution < 1.29 is 8.42 Å². The summed E-state index contributed by atoms with van der Waals surface area (Å²) in [7, 11) is -3.68. The maximum absolute atomic E-state index is 11.6. The first-order chi connectivity index (χ1) is 12.4. The van der Waals surface area contributed by atoms with Gasteiger partial charge < -0.3 is 4.57 Å². The molecule has 2 aromatic carbocycles. The zero-order valence-corrected chi connectivity index (χ0v) is 15.8. The fourth-order valence-corrected chi connectivity index (χ4v) is 4.48. The van der Waals surface area contributed by atoms with Crippen LogP contribution in [0.5, 0.6) is 0 Å². The molecule has 4 rings (SSSR count). The van der Waals surface area contributed by atoms with Gasteiger partial charge in [-0.2, -0.15) is 0 Å². The molecule has 4 nitrogen and oxygen atoms in total. The molecule has 0 fully saturated rings. The molecule has 1 aliphatic heterocycles. The Morgan fingerprint density at radius 3 is 2.08 bits per heavy atom. The Kier molecular flexibility index (Phi) is 4.01. The molecule has 134 valence electrons. The summed E-state index contributed by atoms with van der Waals surface area (Å²) in [6.45, 7) is 5.30. The van der Waals surface area contributed by atoms with E-state index in [0.717, 1.165) is 24.9 Å². The SMILES string of the molecule is Cc1ccc(-c2c(-c3ccc(S(N)(=O)=O)cc3)c3n(c2C)CCC3)cc1. The summed E-state index contributed by atoms with van der Waals surface area (Å²) in [4.78, 5) is 0.144. The largest absolute Gasteiger partial charge is 0.348 e. The minimum atomic E-state index is -3.68. The van der Waals surface area contributed by atoms with Gasteiger partial charge in [0.1, 0.15) is 0 Å². The normalized spacial score (nSPS) is 13.8. The zero-order valence-electron chi connectivity index (χ0n) is 15.0. The van der Waals surface area contributed by atoms with E-state index >= 15 is 0 Å². The molecule has 2 N–H and O–H groups in total. The first-order valence-electron chi connectivity index (χ1n) is 8.78. The van der Waals surface area contributed by atoms with Gasteiger partial charge in [-0.3, -0.25) is 0 Å². The van der Waals surface area contributed by atoms with Crippen molar-refractivity contribution in [2.45, 2.75) is 38.1 Å². The molecule has 2 heterocycles. The maximum Gasteiger partial charge on any atom is 0.238 e. The molecule has 3 aromatic rings. The van der Waals surface area contributed by atoms with Crippen molar-refractivity contribution in [2.24, 2.45) is 5.14 Å². The Hall–Kier alpha value is -2.37. The first kappa shape index (κ1) is 17.1. The van der Waals surface area contributed by atoms with Gasteiger partial charge in [-0.25, -0.2) is 13.6 Å². The van der Waals surface area contributed by atoms with Gasteiger partial charge in [0, 0.05) is 29.1 Å². The standard InChI is InChI=1S/C21H22N2O2S/c1-14-5-7-16(8-6-14)20-15(2)23-13-3-4-19(23)21(20)17-9-11-18(12-10-17)26(22,24)25/h5-12H,3-4,13H2,1-2H3,(H2,22,24,25). The fraction of sp³-hybridized carbons (Fsp3) is 0.238. The molecule has 0 aliphatic carbocycles. The van der Waals surface area contributed by atoms with Crippen molar-refractivity contribution in [2.75, 3.05) is 0 Å². The van der Waals surface area contributed by atoms with E-state index in [9.17, 15) is 8.42 Å². The van der Waals surface area contributed by atoms with Crippen LogP contribution in [0.1, 0.15) is 23.4 Å². The van der Waals surface area contributed by atoms with Gasteiger partial charge in [0.25, 0.3) is 0 Å². The highest BCUT2D eigenvalue weighted by Crippen LogP contribution is 2.42. The second-order valence-corrected chi connectivity index (χ2v) is 8.53. The number of hydrogen-bond donors (Lipinski definition) is 1. The van der Waals surface area contributed by atoms with E-state index in [1.165, 1.54) is 33.6 Å². The van der Waals surface area contributed by atoms with E-state index in [1.54, 1.807) is 12.1 Å². The van der Waals surface area contributed by atoms with Crippen LogP contribution in [0, 0.1) is 13.8 Å². The van der Waals surface area contributed by atoms with Crippen LogP contribution in [0.15, 0.2) is 53.4 Å². The van der Waals surface area contributed by atoms with Gasteiger partial charge in [-0.1, -0.05) is 42.0 Å². The second-order valence-electron chi connectivity index (χ2n) is 6.97. The van der Waals surface area contributed by atoms with Crippen LogP contribution >= 0.6 is 0 Å². The Balaban J connectivity index is 1.93. The minimum Gasteiger partial charge on any atom is -0.348 e. The molecular formula is C21H22N2O2S. The molecule has 0 bridgehead atoms. The lowest BCUT2D eigenvalue weighted by molar-refractivity contribution is 0.598. The van der Waals surface area contributed by atoms with Crippen LogP contribution in [0.3, 0.4) is 0 Å². The van der Waals surface area contributed by atoms with Crippen molar-refractivity contribution in [3.63, 3.8) is 0 Å². The number of rotatable bonds is 3. The molecule has 5 heteroatoms. The summed E-state index contributed by atoms with van der Waals surface area (Å²) in [5, 5.41) is 5.24. The Bertz CT molecular complexity index is 1080. The molecule has 1 aliphatic rings. The summed E-state index contributed by atoms with van der Waals surface area (Å²) in [6.07, 6.45) is 2.19. The van der Waals surface area contributed by atoms with Crippen LogP contribution in [-0.2, 0) is 23.0 Å². The summed E-state index contributed by atoms with van der Waals surface area (Å²) >= 11 is 0. The molecule has 0 atom stereocenters. The number of nitrogens with two attached hydrogens (primary N) is 1. The topological polar surface area (TPSA) is 65.1 Å². The summed E-state index contributed by atoms with van der Waals surface area (Å²) in [5.74, 6) is 0. The van der Waals surface area contributed by atoms with Gasteiger partial charge in [0.15, 0.2) is 0 Å². The molecule has 0 saturated heterocycles. The molecule has 0 radical (unpaired) electrons. The number of fused-ring (bicyclic) bond motifs is 1. The molecule has 1 aromatic heterocycles. The number of sulfonamides is 1. The summed E-state index contributed by atoms with van der Waals surface area (Å²) < 4.78 is 25.5.